The van der Waals surface area contributed by atoms with E-state index in [9.17, 15) is 4.79 Å². The highest BCUT2D eigenvalue weighted by atomic mass is 35.5. The Balaban J connectivity index is 1.42. The third-order valence-electron chi connectivity index (χ3n) is 6.42. The summed E-state index contributed by atoms with van der Waals surface area (Å²) in [6.07, 6.45) is 3.92. The van der Waals surface area contributed by atoms with E-state index in [-0.39, 0.29) is 12.6 Å². The number of halogens is 1. The topological polar surface area (TPSA) is 48.4 Å². The fourth-order valence-corrected chi connectivity index (χ4v) is 4.44. The minimum absolute atomic E-state index is 0.215. The molecule has 3 aromatic rings. The maximum absolute atomic E-state index is 13.3. The lowest BCUT2D eigenvalue weighted by molar-refractivity contribution is -0.120. The first kappa shape index (κ1) is 19.1. The number of pyridine rings is 1. The Kier molecular flexibility index (Phi) is 4.55. The van der Waals surface area contributed by atoms with Gasteiger partial charge in [0.25, 0.3) is 0 Å². The molecular weight excluding hydrogens is 398 g/mol. The van der Waals surface area contributed by atoms with E-state index in [1.165, 1.54) is 0 Å². The van der Waals surface area contributed by atoms with Crippen molar-refractivity contribution in [3.63, 3.8) is 0 Å². The third kappa shape index (κ3) is 3.16. The van der Waals surface area contributed by atoms with Gasteiger partial charge in [-0.15, -0.1) is 0 Å². The van der Waals surface area contributed by atoms with Crippen LogP contribution in [0.3, 0.4) is 0 Å². The summed E-state index contributed by atoms with van der Waals surface area (Å²) in [5.41, 5.74) is 5.70. The number of ketones is 1. The number of Topliss-reactive ketones (excluding diaryl/α,β-unsaturated/α-hetero) is 1. The summed E-state index contributed by atoms with van der Waals surface area (Å²) in [4.78, 5) is 18.0. The zero-order valence-corrected chi connectivity index (χ0v) is 17.8. The summed E-state index contributed by atoms with van der Waals surface area (Å²) >= 11 is 6.16. The van der Waals surface area contributed by atoms with Crippen LogP contribution in [0.2, 0.25) is 5.02 Å². The SMILES string of the molecule is Cc1c(-c2cccc(Cl)c2)cnc(CC(=O)C2(c3ccc4c(c3)OCO4)CC2)c1C. The Morgan fingerprint density at radius 3 is 2.63 bits per heavy atom. The molecular formula is C25H22ClNO3. The first-order valence-electron chi connectivity index (χ1n) is 10.1. The quantitative estimate of drug-likeness (QED) is 0.540. The number of ether oxygens (including phenoxy) is 2. The molecule has 0 radical (unpaired) electrons. The van der Waals surface area contributed by atoms with Gasteiger partial charge in [-0.2, -0.15) is 0 Å². The van der Waals surface area contributed by atoms with Crippen LogP contribution < -0.4 is 9.47 Å². The molecule has 4 nitrogen and oxygen atoms in total. The van der Waals surface area contributed by atoms with E-state index in [4.69, 9.17) is 21.1 Å². The van der Waals surface area contributed by atoms with Crippen molar-refractivity contribution in [3.8, 4) is 22.6 Å². The van der Waals surface area contributed by atoms with Gasteiger partial charge in [-0.3, -0.25) is 9.78 Å². The van der Waals surface area contributed by atoms with Crippen LogP contribution in [0, 0.1) is 13.8 Å². The zero-order valence-electron chi connectivity index (χ0n) is 17.0. The van der Waals surface area contributed by atoms with Crippen molar-refractivity contribution in [1.82, 2.24) is 4.98 Å². The second kappa shape index (κ2) is 7.13. The fraction of sp³-hybridized carbons (Fsp3) is 0.280. The molecule has 2 heterocycles. The van der Waals surface area contributed by atoms with Crippen LogP contribution >= 0.6 is 11.6 Å². The number of carbonyl (C=O) groups excluding carboxylic acids is 1. The molecule has 0 N–H and O–H groups in total. The molecule has 0 atom stereocenters. The maximum Gasteiger partial charge on any atom is 0.231 e. The van der Waals surface area contributed by atoms with E-state index in [2.05, 4.69) is 11.9 Å². The van der Waals surface area contributed by atoms with Crippen LogP contribution in [0.25, 0.3) is 11.1 Å². The molecule has 0 bridgehead atoms. The Bertz CT molecular complexity index is 1170. The molecule has 1 aromatic heterocycles. The van der Waals surface area contributed by atoms with Crippen molar-refractivity contribution < 1.29 is 14.3 Å². The van der Waals surface area contributed by atoms with E-state index in [0.29, 0.717) is 11.4 Å². The average molecular weight is 420 g/mol. The smallest absolute Gasteiger partial charge is 0.231 e. The van der Waals surface area contributed by atoms with Gasteiger partial charge < -0.3 is 9.47 Å². The molecule has 1 saturated carbocycles. The molecule has 2 aromatic carbocycles. The van der Waals surface area contributed by atoms with Gasteiger partial charge in [0, 0.05) is 23.2 Å². The number of rotatable bonds is 5. The average Bonchev–Trinajstić information content (AvgIpc) is 3.42. The van der Waals surface area contributed by atoms with Crippen LogP contribution in [0.4, 0.5) is 0 Å². The highest BCUT2D eigenvalue weighted by molar-refractivity contribution is 6.30. The van der Waals surface area contributed by atoms with Gasteiger partial charge in [-0.25, -0.2) is 0 Å². The van der Waals surface area contributed by atoms with Crippen LogP contribution in [-0.2, 0) is 16.6 Å². The predicted molar refractivity (Wildman–Crippen MR) is 116 cm³/mol. The van der Waals surface area contributed by atoms with Gasteiger partial charge in [0.2, 0.25) is 6.79 Å². The molecule has 1 fully saturated rings. The molecule has 0 unspecified atom stereocenters. The second-order valence-corrected chi connectivity index (χ2v) is 8.57. The molecule has 0 spiro atoms. The molecule has 0 amide bonds. The lowest BCUT2D eigenvalue weighted by Gasteiger charge is -2.17. The van der Waals surface area contributed by atoms with Gasteiger partial charge in [-0.1, -0.05) is 29.8 Å². The normalized spacial score (nSPS) is 15.8. The molecule has 5 heteroatoms. The Hall–Kier alpha value is -2.85. The minimum atomic E-state index is -0.422. The molecule has 1 aliphatic carbocycles. The number of benzene rings is 2. The molecule has 1 aliphatic heterocycles. The number of fused-ring (bicyclic) bond motifs is 1. The Morgan fingerprint density at radius 2 is 1.87 bits per heavy atom. The monoisotopic (exact) mass is 419 g/mol. The maximum atomic E-state index is 13.3. The van der Waals surface area contributed by atoms with E-state index < -0.39 is 5.41 Å². The summed E-state index contributed by atoms with van der Waals surface area (Å²) in [6, 6.07) is 13.6. The summed E-state index contributed by atoms with van der Waals surface area (Å²) < 4.78 is 10.9. The molecule has 2 aliphatic rings. The van der Waals surface area contributed by atoms with Crippen LogP contribution in [0.15, 0.2) is 48.7 Å². The van der Waals surface area contributed by atoms with Crippen LogP contribution in [-0.4, -0.2) is 17.6 Å². The van der Waals surface area contributed by atoms with Crippen molar-refractivity contribution in [2.24, 2.45) is 0 Å². The van der Waals surface area contributed by atoms with Gasteiger partial charge in [0.05, 0.1) is 11.1 Å². The summed E-state index contributed by atoms with van der Waals surface area (Å²) in [7, 11) is 0. The summed E-state index contributed by atoms with van der Waals surface area (Å²) in [5, 5.41) is 0.697. The number of hydrogen-bond acceptors (Lipinski definition) is 4. The van der Waals surface area contributed by atoms with Gasteiger partial charge >= 0.3 is 0 Å². The predicted octanol–water partition coefficient (Wildman–Crippen LogP) is 5.59. The fourth-order valence-electron chi connectivity index (χ4n) is 4.25. The lowest BCUT2D eigenvalue weighted by atomic mass is 9.87. The van der Waals surface area contributed by atoms with Gasteiger partial charge in [-0.05, 0) is 73.2 Å². The first-order valence-corrected chi connectivity index (χ1v) is 10.5. The number of nitrogens with zero attached hydrogens (tertiary/aromatic N) is 1. The number of hydrogen-bond donors (Lipinski definition) is 0. The van der Waals surface area contributed by atoms with Crippen molar-refractivity contribution in [2.45, 2.75) is 38.5 Å². The van der Waals surface area contributed by atoms with Gasteiger partial charge in [0.15, 0.2) is 11.5 Å². The van der Waals surface area contributed by atoms with E-state index in [1.54, 1.807) is 0 Å². The Morgan fingerprint density at radius 1 is 1.07 bits per heavy atom. The minimum Gasteiger partial charge on any atom is -0.454 e. The van der Waals surface area contributed by atoms with E-state index in [1.807, 2.05) is 55.6 Å². The second-order valence-electron chi connectivity index (χ2n) is 8.13. The molecule has 5 rings (SSSR count). The number of aromatic nitrogens is 1. The van der Waals surface area contributed by atoms with Crippen LogP contribution in [0.5, 0.6) is 11.5 Å². The highest BCUT2D eigenvalue weighted by Gasteiger charge is 2.51. The molecule has 0 saturated heterocycles. The van der Waals surface area contributed by atoms with Crippen molar-refractivity contribution >= 4 is 17.4 Å². The standard InChI is InChI=1S/C25H22ClNO3/c1-15-16(2)21(27-13-20(15)17-4-3-5-19(26)10-17)12-24(28)25(8-9-25)18-6-7-22-23(11-18)30-14-29-22/h3-7,10-11,13H,8-9,12,14H2,1-2H3. The highest BCUT2D eigenvalue weighted by Crippen LogP contribution is 2.51. The van der Waals surface area contributed by atoms with Gasteiger partial charge in [0.1, 0.15) is 5.78 Å². The lowest BCUT2D eigenvalue weighted by Crippen LogP contribution is -2.23. The molecule has 152 valence electrons. The van der Waals surface area contributed by atoms with Crippen molar-refractivity contribution in [1.29, 1.82) is 0 Å². The number of carbonyl (C=O) groups is 1. The third-order valence-corrected chi connectivity index (χ3v) is 6.66. The molecule has 30 heavy (non-hydrogen) atoms. The van der Waals surface area contributed by atoms with E-state index in [0.717, 1.165) is 57.9 Å². The first-order chi connectivity index (χ1) is 14.5. The summed E-state index contributed by atoms with van der Waals surface area (Å²) in [6.45, 7) is 4.35. The Labute approximate surface area is 180 Å². The van der Waals surface area contributed by atoms with Crippen LogP contribution in [0.1, 0.15) is 35.2 Å². The van der Waals surface area contributed by atoms with Crippen molar-refractivity contribution in [2.75, 3.05) is 6.79 Å². The van der Waals surface area contributed by atoms with E-state index >= 15 is 0 Å². The summed E-state index contributed by atoms with van der Waals surface area (Å²) in [5.74, 6) is 1.68. The van der Waals surface area contributed by atoms with Crippen molar-refractivity contribution in [3.05, 3.63) is 76.1 Å². The largest absolute Gasteiger partial charge is 0.454 e. The zero-order chi connectivity index (χ0) is 20.9.